The number of hydrogen-bond donors (Lipinski definition) is 2. The zero-order chi connectivity index (χ0) is 22.9. The van der Waals surface area contributed by atoms with Crippen LogP contribution in [-0.2, 0) is 6.54 Å². The van der Waals surface area contributed by atoms with Crippen LogP contribution in [0, 0.1) is 42.9 Å². The fraction of sp³-hybridized carbons (Fsp3) is 0.238. The van der Waals surface area contributed by atoms with E-state index < -0.39 is 41.2 Å². The van der Waals surface area contributed by atoms with Crippen LogP contribution in [0.4, 0.5) is 27.6 Å². The van der Waals surface area contributed by atoms with Crippen molar-refractivity contribution >= 4 is 23.0 Å². The molecule has 0 saturated carbocycles. The fourth-order valence-electron chi connectivity index (χ4n) is 3.14. The van der Waals surface area contributed by atoms with Gasteiger partial charge in [-0.3, -0.25) is 4.68 Å². The minimum Gasteiger partial charge on any atom is -0.356 e. The molecule has 0 radical (unpaired) electrons. The molecule has 0 aliphatic carbocycles. The highest BCUT2D eigenvalue weighted by molar-refractivity contribution is 7.80. The molecule has 31 heavy (non-hydrogen) atoms. The van der Waals surface area contributed by atoms with Crippen molar-refractivity contribution in [1.82, 2.24) is 15.1 Å². The molecule has 2 aromatic carbocycles. The van der Waals surface area contributed by atoms with Crippen LogP contribution in [0.3, 0.4) is 0 Å². The molecule has 0 aliphatic heterocycles. The molecule has 1 heterocycles. The van der Waals surface area contributed by atoms with Crippen molar-refractivity contribution in [3.63, 3.8) is 0 Å². The SMILES string of the molecule is Cc1nn(Cc2c(F)c(F)c(F)c(F)c2F)c(C)c1NC(=S)NC(C)c1ccccc1. The number of aromatic nitrogens is 2. The molecule has 3 aromatic rings. The summed E-state index contributed by atoms with van der Waals surface area (Å²) in [7, 11) is 0. The molecule has 1 atom stereocenters. The molecule has 2 N–H and O–H groups in total. The third-order valence-electron chi connectivity index (χ3n) is 4.88. The van der Waals surface area contributed by atoms with Gasteiger partial charge < -0.3 is 10.6 Å². The van der Waals surface area contributed by atoms with Crippen LogP contribution in [0.1, 0.15) is 35.5 Å². The molecule has 0 spiro atoms. The van der Waals surface area contributed by atoms with Crippen molar-refractivity contribution in [2.24, 2.45) is 0 Å². The summed E-state index contributed by atoms with van der Waals surface area (Å²) < 4.78 is 69.5. The standard InChI is InChI=1S/C21H19F5N4S/c1-10(13-7-5-4-6-8-13)27-21(31)28-20-11(2)29-30(12(20)3)9-14-15(22)17(24)19(26)18(25)16(14)23/h4-8,10H,9H2,1-3H3,(H2,27,28,31). The predicted octanol–water partition coefficient (Wildman–Crippen LogP) is 5.29. The van der Waals surface area contributed by atoms with Gasteiger partial charge in [-0.1, -0.05) is 30.3 Å². The Bertz CT molecular complexity index is 1100. The van der Waals surface area contributed by atoms with Gasteiger partial charge in [0, 0.05) is 0 Å². The molecule has 1 aromatic heterocycles. The number of thiocarbonyl (C=S) groups is 1. The first-order valence-electron chi connectivity index (χ1n) is 9.28. The molecule has 0 bridgehead atoms. The number of anilines is 1. The highest BCUT2D eigenvalue weighted by Crippen LogP contribution is 2.26. The van der Waals surface area contributed by atoms with Gasteiger partial charge in [0.25, 0.3) is 0 Å². The van der Waals surface area contributed by atoms with Crippen molar-refractivity contribution in [2.75, 3.05) is 5.32 Å². The summed E-state index contributed by atoms with van der Waals surface area (Å²) >= 11 is 5.34. The Hall–Kier alpha value is -3.01. The Morgan fingerprint density at radius 3 is 2.10 bits per heavy atom. The van der Waals surface area contributed by atoms with E-state index in [4.69, 9.17) is 12.2 Å². The average Bonchev–Trinajstić information content (AvgIpc) is 3.01. The van der Waals surface area contributed by atoms with Gasteiger partial charge in [-0.2, -0.15) is 5.10 Å². The van der Waals surface area contributed by atoms with Gasteiger partial charge in [0.15, 0.2) is 28.4 Å². The third-order valence-corrected chi connectivity index (χ3v) is 5.10. The lowest BCUT2D eigenvalue weighted by Crippen LogP contribution is -2.31. The highest BCUT2D eigenvalue weighted by Gasteiger charge is 2.26. The average molecular weight is 454 g/mol. The van der Waals surface area contributed by atoms with E-state index in [2.05, 4.69) is 15.7 Å². The zero-order valence-corrected chi connectivity index (χ0v) is 17.7. The predicted molar refractivity (Wildman–Crippen MR) is 111 cm³/mol. The van der Waals surface area contributed by atoms with Gasteiger partial charge >= 0.3 is 0 Å². The van der Waals surface area contributed by atoms with Gasteiger partial charge in [0.05, 0.1) is 35.2 Å². The van der Waals surface area contributed by atoms with Crippen LogP contribution in [-0.4, -0.2) is 14.9 Å². The lowest BCUT2D eigenvalue weighted by molar-refractivity contribution is 0.366. The quantitative estimate of drug-likeness (QED) is 0.238. The van der Waals surface area contributed by atoms with E-state index in [1.165, 1.54) is 0 Å². The first kappa shape index (κ1) is 22.7. The number of aryl methyl sites for hydroxylation is 1. The van der Waals surface area contributed by atoms with Crippen LogP contribution >= 0.6 is 12.2 Å². The Kier molecular flexibility index (Phi) is 6.59. The number of benzene rings is 2. The van der Waals surface area contributed by atoms with Gasteiger partial charge in [0.1, 0.15) is 0 Å². The van der Waals surface area contributed by atoms with Gasteiger partial charge in [0.2, 0.25) is 5.82 Å². The first-order valence-corrected chi connectivity index (χ1v) is 9.69. The van der Waals surface area contributed by atoms with Crippen LogP contribution in [0.25, 0.3) is 0 Å². The molecule has 0 aliphatic rings. The molecule has 1 unspecified atom stereocenters. The summed E-state index contributed by atoms with van der Waals surface area (Å²) in [5.41, 5.74) is 1.38. The van der Waals surface area contributed by atoms with Crippen LogP contribution in [0.15, 0.2) is 30.3 Å². The Morgan fingerprint density at radius 1 is 0.968 bits per heavy atom. The molecule has 3 rings (SSSR count). The molecule has 0 amide bonds. The summed E-state index contributed by atoms with van der Waals surface area (Å²) in [4.78, 5) is 0. The summed E-state index contributed by atoms with van der Waals surface area (Å²) in [6, 6.07) is 9.50. The number of nitrogens with zero attached hydrogens (tertiary/aromatic N) is 2. The molecule has 10 heteroatoms. The molecule has 0 saturated heterocycles. The Labute approximate surface area is 181 Å². The second kappa shape index (κ2) is 9.01. The lowest BCUT2D eigenvalue weighted by Gasteiger charge is -2.17. The third kappa shape index (κ3) is 4.53. The minimum absolute atomic E-state index is 0.0924. The van der Waals surface area contributed by atoms with Crippen molar-refractivity contribution in [1.29, 1.82) is 0 Å². The van der Waals surface area contributed by atoms with E-state index in [0.29, 0.717) is 22.2 Å². The van der Waals surface area contributed by atoms with Crippen molar-refractivity contribution < 1.29 is 22.0 Å². The summed E-state index contributed by atoms with van der Waals surface area (Å²) in [5, 5.41) is 10.6. The van der Waals surface area contributed by atoms with Crippen LogP contribution in [0.5, 0.6) is 0 Å². The maximum absolute atomic E-state index is 14.0. The fourth-order valence-corrected chi connectivity index (χ4v) is 3.42. The normalized spacial score (nSPS) is 12.0. The maximum atomic E-state index is 14.0. The number of nitrogens with one attached hydrogen (secondary N) is 2. The topological polar surface area (TPSA) is 41.9 Å². The lowest BCUT2D eigenvalue weighted by atomic mass is 10.1. The Balaban J connectivity index is 1.81. The van der Waals surface area contributed by atoms with E-state index in [9.17, 15) is 22.0 Å². The molecular formula is C21H19F5N4S. The molecular weight excluding hydrogens is 435 g/mol. The summed E-state index contributed by atoms with van der Waals surface area (Å²) in [6.07, 6.45) is 0. The summed E-state index contributed by atoms with van der Waals surface area (Å²) in [5.74, 6) is -9.94. The second-order valence-electron chi connectivity index (χ2n) is 6.98. The van der Waals surface area contributed by atoms with Crippen LogP contribution < -0.4 is 10.6 Å². The number of hydrogen-bond acceptors (Lipinski definition) is 2. The van der Waals surface area contributed by atoms with Gasteiger partial charge in [-0.15, -0.1) is 0 Å². The van der Waals surface area contributed by atoms with E-state index in [1.54, 1.807) is 13.8 Å². The van der Waals surface area contributed by atoms with Crippen LogP contribution in [0.2, 0.25) is 0 Å². The largest absolute Gasteiger partial charge is 0.356 e. The highest BCUT2D eigenvalue weighted by atomic mass is 32.1. The second-order valence-corrected chi connectivity index (χ2v) is 7.39. The maximum Gasteiger partial charge on any atom is 0.200 e. The first-order chi connectivity index (χ1) is 14.6. The van der Waals surface area contributed by atoms with Crippen molar-refractivity contribution in [2.45, 2.75) is 33.4 Å². The smallest absolute Gasteiger partial charge is 0.200 e. The number of rotatable bonds is 5. The molecule has 4 nitrogen and oxygen atoms in total. The minimum atomic E-state index is -2.20. The number of halogens is 5. The van der Waals surface area contributed by atoms with Gasteiger partial charge in [-0.05, 0) is 38.6 Å². The van der Waals surface area contributed by atoms with Crippen molar-refractivity contribution in [3.05, 3.63) is 81.9 Å². The van der Waals surface area contributed by atoms with Gasteiger partial charge in [-0.25, -0.2) is 22.0 Å². The molecule has 164 valence electrons. The molecule has 0 fully saturated rings. The van der Waals surface area contributed by atoms with E-state index in [-0.39, 0.29) is 6.04 Å². The monoisotopic (exact) mass is 454 g/mol. The zero-order valence-electron chi connectivity index (χ0n) is 16.9. The Morgan fingerprint density at radius 2 is 1.52 bits per heavy atom. The van der Waals surface area contributed by atoms with E-state index >= 15 is 0 Å². The summed E-state index contributed by atoms with van der Waals surface area (Å²) in [6.45, 7) is 4.52. The van der Waals surface area contributed by atoms with E-state index in [1.807, 2.05) is 37.3 Å². The van der Waals surface area contributed by atoms with Crippen molar-refractivity contribution in [3.8, 4) is 0 Å². The van der Waals surface area contributed by atoms with E-state index in [0.717, 1.165) is 10.2 Å².